The highest BCUT2D eigenvalue weighted by atomic mass is 16.6. The van der Waals surface area contributed by atoms with Gasteiger partial charge in [-0.05, 0) is 45.4 Å². The first-order valence-electron chi connectivity index (χ1n) is 7.21. The van der Waals surface area contributed by atoms with Gasteiger partial charge in [0.05, 0.1) is 0 Å². The molecule has 1 saturated carbocycles. The van der Waals surface area contributed by atoms with Gasteiger partial charge in [-0.1, -0.05) is 6.92 Å². The van der Waals surface area contributed by atoms with Gasteiger partial charge in [0.25, 0.3) is 0 Å². The van der Waals surface area contributed by atoms with E-state index in [0.29, 0.717) is 12.2 Å². The fraction of sp³-hybridized carbons (Fsp3) is 0.867. The van der Waals surface area contributed by atoms with E-state index in [4.69, 9.17) is 4.74 Å². The maximum Gasteiger partial charge on any atom is 0.410 e. The van der Waals surface area contributed by atoms with Crippen molar-refractivity contribution in [2.45, 2.75) is 59.0 Å². The first-order chi connectivity index (χ1) is 8.71. The number of amides is 1. The van der Waals surface area contributed by atoms with Crippen molar-refractivity contribution < 1.29 is 14.3 Å². The minimum Gasteiger partial charge on any atom is -0.444 e. The molecular weight excluding hydrogens is 242 g/mol. The van der Waals surface area contributed by atoms with Gasteiger partial charge in [-0.3, -0.25) is 4.79 Å². The summed E-state index contributed by atoms with van der Waals surface area (Å²) in [7, 11) is 0. The van der Waals surface area contributed by atoms with Crippen LogP contribution in [0.3, 0.4) is 0 Å². The van der Waals surface area contributed by atoms with Crippen LogP contribution in [0.1, 0.15) is 53.4 Å². The standard InChI is InChI=1S/C15H25NO3/c1-11-9-15(10-12(11)17)5-7-16(8-6-15)13(18)19-14(2,3)4/h11H,5-10H2,1-4H3. The lowest BCUT2D eigenvalue weighted by atomic mass is 9.76. The first kappa shape index (κ1) is 14.4. The molecule has 1 saturated heterocycles. The molecule has 19 heavy (non-hydrogen) atoms. The minimum atomic E-state index is -0.440. The molecular formula is C15H25NO3. The maximum absolute atomic E-state index is 12.0. The van der Waals surface area contributed by atoms with E-state index in [1.807, 2.05) is 27.7 Å². The smallest absolute Gasteiger partial charge is 0.410 e. The highest BCUT2D eigenvalue weighted by molar-refractivity contribution is 5.83. The van der Waals surface area contributed by atoms with Crippen LogP contribution in [0.25, 0.3) is 0 Å². The van der Waals surface area contributed by atoms with Gasteiger partial charge in [0, 0.05) is 25.4 Å². The highest BCUT2D eigenvalue weighted by Gasteiger charge is 2.45. The third-order valence-corrected chi connectivity index (χ3v) is 4.31. The Bertz CT molecular complexity index is 375. The number of rotatable bonds is 0. The summed E-state index contributed by atoms with van der Waals surface area (Å²) in [5.41, 5.74) is -0.279. The SMILES string of the molecule is CC1CC2(CCN(C(=O)OC(C)(C)C)CC2)CC1=O. The number of likely N-dealkylation sites (tertiary alicyclic amines) is 1. The lowest BCUT2D eigenvalue weighted by molar-refractivity contribution is -0.120. The predicted molar refractivity (Wildman–Crippen MR) is 72.9 cm³/mol. The van der Waals surface area contributed by atoms with Crippen LogP contribution in [0.5, 0.6) is 0 Å². The van der Waals surface area contributed by atoms with Crippen LogP contribution in [0.4, 0.5) is 4.79 Å². The summed E-state index contributed by atoms with van der Waals surface area (Å²) in [6, 6.07) is 0. The van der Waals surface area contributed by atoms with Gasteiger partial charge in [-0.25, -0.2) is 4.79 Å². The molecule has 0 aromatic rings. The van der Waals surface area contributed by atoms with Crippen molar-refractivity contribution in [2.24, 2.45) is 11.3 Å². The lowest BCUT2D eigenvalue weighted by Crippen LogP contribution is -2.44. The van der Waals surface area contributed by atoms with Crippen molar-refractivity contribution in [1.82, 2.24) is 4.90 Å². The number of ether oxygens (including phenoxy) is 1. The van der Waals surface area contributed by atoms with Crippen LogP contribution in [0.2, 0.25) is 0 Å². The number of hydrogen-bond acceptors (Lipinski definition) is 3. The predicted octanol–water partition coefficient (Wildman–Crippen LogP) is 3.00. The van der Waals surface area contributed by atoms with Crippen molar-refractivity contribution in [3.05, 3.63) is 0 Å². The van der Waals surface area contributed by atoms with Gasteiger partial charge >= 0.3 is 6.09 Å². The molecule has 1 heterocycles. The number of carbonyl (C=O) groups excluding carboxylic acids is 2. The number of ketones is 1. The first-order valence-corrected chi connectivity index (χ1v) is 7.21. The van der Waals surface area contributed by atoms with E-state index in [2.05, 4.69) is 0 Å². The molecule has 0 aromatic heterocycles. The molecule has 1 aliphatic heterocycles. The molecule has 0 radical (unpaired) electrons. The molecule has 2 aliphatic rings. The third-order valence-electron chi connectivity index (χ3n) is 4.31. The van der Waals surface area contributed by atoms with Crippen LogP contribution < -0.4 is 0 Å². The van der Waals surface area contributed by atoms with Crippen molar-refractivity contribution in [1.29, 1.82) is 0 Å². The van der Waals surface area contributed by atoms with Gasteiger partial charge in [-0.2, -0.15) is 0 Å². The quantitative estimate of drug-likeness (QED) is 0.678. The second kappa shape index (κ2) is 4.80. The monoisotopic (exact) mass is 267 g/mol. The van der Waals surface area contributed by atoms with Gasteiger partial charge < -0.3 is 9.64 Å². The summed E-state index contributed by atoms with van der Waals surface area (Å²) in [5.74, 6) is 0.596. The van der Waals surface area contributed by atoms with E-state index in [1.54, 1.807) is 4.90 Å². The number of hydrogen-bond donors (Lipinski definition) is 0. The van der Waals surface area contributed by atoms with Crippen molar-refractivity contribution in [2.75, 3.05) is 13.1 Å². The van der Waals surface area contributed by atoms with Crippen molar-refractivity contribution in [3.8, 4) is 0 Å². The van der Waals surface area contributed by atoms with E-state index < -0.39 is 5.60 Å². The normalized spacial score (nSPS) is 26.8. The maximum atomic E-state index is 12.0. The van der Waals surface area contributed by atoms with Crippen molar-refractivity contribution >= 4 is 11.9 Å². The molecule has 1 amide bonds. The molecule has 1 spiro atoms. The van der Waals surface area contributed by atoms with Crippen LogP contribution in [0, 0.1) is 11.3 Å². The topological polar surface area (TPSA) is 46.6 Å². The molecule has 1 aliphatic carbocycles. The molecule has 0 aromatic carbocycles. The molecule has 4 nitrogen and oxygen atoms in total. The zero-order valence-corrected chi connectivity index (χ0v) is 12.5. The number of carbonyl (C=O) groups is 2. The fourth-order valence-corrected chi connectivity index (χ4v) is 3.25. The zero-order valence-electron chi connectivity index (χ0n) is 12.5. The molecule has 4 heteroatoms. The highest BCUT2D eigenvalue weighted by Crippen LogP contribution is 2.47. The van der Waals surface area contributed by atoms with Gasteiger partial charge in [0.15, 0.2) is 0 Å². The second-order valence-corrected chi connectivity index (χ2v) is 7.22. The molecule has 1 atom stereocenters. The summed E-state index contributed by atoms with van der Waals surface area (Å²) in [5, 5.41) is 0. The van der Waals surface area contributed by atoms with E-state index >= 15 is 0 Å². The van der Waals surface area contributed by atoms with Crippen LogP contribution >= 0.6 is 0 Å². The van der Waals surface area contributed by atoms with Gasteiger partial charge in [0.2, 0.25) is 0 Å². The summed E-state index contributed by atoms with van der Waals surface area (Å²) < 4.78 is 5.39. The van der Waals surface area contributed by atoms with Crippen molar-refractivity contribution in [3.63, 3.8) is 0 Å². The molecule has 0 bridgehead atoms. The average Bonchev–Trinajstić information content (AvgIpc) is 2.52. The Morgan fingerprint density at radius 1 is 1.32 bits per heavy atom. The molecule has 108 valence electrons. The Morgan fingerprint density at radius 2 is 1.89 bits per heavy atom. The largest absolute Gasteiger partial charge is 0.444 e. The Labute approximate surface area is 115 Å². The van der Waals surface area contributed by atoms with Crippen LogP contribution in [-0.4, -0.2) is 35.5 Å². The third kappa shape index (κ3) is 3.28. The Hall–Kier alpha value is -1.06. The molecule has 2 fully saturated rings. The van der Waals surface area contributed by atoms with E-state index in [1.165, 1.54) is 0 Å². The summed E-state index contributed by atoms with van der Waals surface area (Å²) >= 11 is 0. The second-order valence-electron chi connectivity index (χ2n) is 7.22. The summed E-state index contributed by atoms with van der Waals surface area (Å²) in [6.07, 6.45) is 3.34. The minimum absolute atomic E-state index is 0.162. The Morgan fingerprint density at radius 3 is 2.32 bits per heavy atom. The van der Waals surface area contributed by atoms with Crippen LogP contribution in [-0.2, 0) is 9.53 Å². The van der Waals surface area contributed by atoms with E-state index in [9.17, 15) is 9.59 Å². The summed E-state index contributed by atoms with van der Waals surface area (Å²) in [6.45, 7) is 9.11. The Kier molecular flexibility index (Phi) is 3.63. The van der Waals surface area contributed by atoms with E-state index in [-0.39, 0.29) is 17.4 Å². The van der Waals surface area contributed by atoms with Gasteiger partial charge in [0.1, 0.15) is 11.4 Å². The average molecular weight is 267 g/mol. The number of piperidine rings is 1. The fourth-order valence-electron chi connectivity index (χ4n) is 3.25. The van der Waals surface area contributed by atoms with Gasteiger partial charge in [-0.15, -0.1) is 0 Å². The van der Waals surface area contributed by atoms with E-state index in [0.717, 1.165) is 32.4 Å². The number of nitrogens with zero attached hydrogens (tertiary/aromatic N) is 1. The number of Topliss-reactive ketones (excluding diaryl/α,β-unsaturated/α-hetero) is 1. The molecule has 0 N–H and O–H groups in total. The molecule has 2 rings (SSSR count). The summed E-state index contributed by atoms with van der Waals surface area (Å²) in [4.78, 5) is 25.5. The van der Waals surface area contributed by atoms with Crippen LogP contribution in [0.15, 0.2) is 0 Å². The Balaban J connectivity index is 1.89. The molecule has 1 unspecified atom stereocenters. The lowest BCUT2D eigenvalue weighted by Gasteiger charge is -2.39. The zero-order chi connectivity index (χ0) is 14.3.